The van der Waals surface area contributed by atoms with Crippen molar-refractivity contribution in [3.63, 3.8) is 0 Å². The third-order valence-electron chi connectivity index (χ3n) is 7.05. The first-order valence-electron chi connectivity index (χ1n) is 12.5. The number of carbonyl (C=O) groups excluding carboxylic acids is 1. The Morgan fingerprint density at radius 2 is 1.89 bits per heavy atom. The van der Waals surface area contributed by atoms with E-state index in [-0.39, 0.29) is 5.91 Å². The fourth-order valence-electron chi connectivity index (χ4n) is 5.19. The van der Waals surface area contributed by atoms with Crippen LogP contribution in [0.1, 0.15) is 40.0 Å². The molecule has 1 atom stereocenters. The van der Waals surface area contributed by atoms with Crippen LogP contribution in [0.5, 0.6) is 0 Å². The number of carbonyl (C=O) groups is 1. The van der Waals surface area contributed by atoms with Crippen LogP contribution in [0.3, 0.4) is 0 Å². The summed E-state index contributed by atoms with van der Waals surface area (Å²) in [6.07, 6.45) is 3.88. The lowest BCUT2D eigenvalue weighted by atomic mass is 9.92. The number of nitrogens with one attached hydrogen (secondary N) is 1. The Labute approximate surface area is 206 Å². The van der Waals surface area contributed by atoms with Crippen molar-refractivity contribution in [1.29, 1.82) is 5.26 Å². The van der Waals surface area contributed by atoms with E-state index in [1.54, 1.807) is 24.3 Å². The fourth-order valence-corrected chi connectivity index (χ4v) is 5.19. The summed E-state index contributed by atoms with van der Waals surface area (Å²) < 4.78 is 0. The molecule has 2 heterocycles. The van der Waals surface area contributed by atoms with Gasteiger partial charge in [-0.2, -0.15) is 5.26 Å². The number of benzene rings is 2. The normalized spacial score (nSPS) is 17.0. The topological polar surface area (TPSA) is 92.5 Å². The molecule has 180 valence electrons. The number of β-amino-alcohol motifs (C(OH)–C–C–N with tert-alkyl or cyclic N) is 1. The van der Waals surface area contributed by atoms with Crippen LogP contribution in [0.2, 0.25) is 0 Å². The average Bonchev–Trinajstić information content (AvgIpc) is 2.91. The predicted octanol–water partition coefficient (Wildman–Crippen LogP) is 3.22. The number of aromatic nitrogens is 1. The van der Waals surface area contributed by atoms with Gasteiger partial charge < -0.3 is 15.3 Å². The van der Waals surface area contributed by atoms with E-state index in [1.165, 1.54) is 24.1 Å². The molecule has 0 spiro atoms. The smallest absolute Gasteiger partial charge is 0.253 e. The maximum Gasteiger partial charge on any atom is 0.253 e. The summed E-state index contributed by atoms with van der Waals surface area (Å²) in [7, 11) is 0. The van der Waals surface area contributed by atoms with Crippen LogP contribution >= 0.6 is 0 Å². The van der Waals surface area contributed by atoms with Gasteiger partial charge in [0.2, 0.25) is 0 Å². The van der Waals surface area contributed by atoms with Crippen molar-refractivity contribution in [2.45, 2.75) is 31.8 Å². The Morgan fingerprint density at radius 3 is 2.71 bits per heavy atom. The lowest BCUT2D eigenvalue weighted by Crippen LogP contribution is -2.51. The van der Waals surface area contributed by atoms with Crippen molar-refractivity contribution in [2.24, 2.45) is 0 Å². The van der Waals surface area contributed by atoms with E-state index in [1.807, 2.05) is 17.0 Å². The maximum atomic E-state index is 12.8. The van der Waals surface area contributed by atoms with Crippen LogP contribution < -0.4 is 5.32 Å². The van der Waals surface area contributed by atoms with Gasteiger partial charge in [0, 0.05) is 61.6 Å². The number of aliphatic hydroxyl groups is 1. The minimum Gasteiger partial charge on any atom is -0.390 e. The number of aryl methyl sites for hydroxylation is 1. The molecule has 7 nitrogen and oxygen atoms in total. The fraction of sp³-hybridized carbons (Fsp3) is 0.393. The molecule has 1 aromatic heterocycles. The number of piperazine rings is 1. The van der Waals surface area contributed by atoms with Crippen LogP contribution in [0.4, 0.5) is 5.69 Å². The van der Waals surface area contributed by atoms with Crippen LogP contribution in [-0.2, 0) is 12.8 Å². The number of nitriles is 1. The number of para-hydroxylation sites is 1. The van der Waals surface area contributed by atoms with Crippen molar-refractivity contribution in [3.05, 3.63) is 70.9 Å². The van der Waals surface area contributed by atoms with E-state index in [4.69, 9.17) is 10.2 Å². The summed E-state index contributed by atoms with van der Waals surface area (Å²) in [6.45, 7) is 3.68. The number of amides is 1. The van der Waals surface area contributed by atoms with E-state index in [9.17, 15) is 9.90 Å². The summed E-state index contributed by atoms with van der Waals surface area (Å²) in [5.74, 6) is -0.0432. The summed E-state index contributed by atoms with van der Waals surface area (Å²) in [5, 5.41) is 24.6. The number of rotatable bonds is 6. The van der Waals surface area contributed by atoms with E-state index < -0.39 is 6.10 Å². The Bertz CT molecular complexity index is 1260. The molecule has 1 aliphatic carbocycles. The Hall–Kier alpha value is -3.47. The van der Waals surface area contributed by atoms with Gasteiger partial charge in [0.25, 0.3) is 5.91 Å². The number of aliphatic hydroxyl groups excluding tert-OH is 1. The van der Waals surface area contributed by atoms with Gasteiger partial charge in [-0.1, -0.05) is 24.3 Å². The zero-order valence-electron chi connectivity index (χ0n) is 19.9. The number of pyridine rings is 1. The molecule has 1 fully saturated rings. The lowest BCUT2D eigenvalue weighted by molar-refractivity contribution is 0.0547. The van der Waals surface area contributed by atoms with E-state index in [0.717, 1.165) is 29.4 Å². The summed E-state index contributed by atoms with van der Waals surface area (Å²) in [6, 6.07) is 17.2. The minimum absolute atomic E-state index is 0.0432. The molecule has 0 bridgehead atoms. The van der Waals surface area contributed by atoms with Crippen molar-refractivity contribution in [1.82, 2.24) is 14.8 Å². The Balaban J connectivity index is 1.17. The highest BCUT2D eigenvalue weighted by molar-refractivity contribution is 5.95. The van der Waals surface area contributed by atoms with Crippen molar-refractivity contribution in [3.8, 4) is 6.07 Å². The number of nitrogens with zero attached hydrogens (tertiary/aromatic N) is 4. The second kappa shape index (κ2) is 10.4. The van der Waals surface area contributed by atoms with Gasteiger partial charge in [0.1, 0.15) is 0 Å². The van der Waals surface area contributed by atoms with Crippen LogP contribution in [0.25, 0.3) is 10.9 Å². The lowest BCUT2D eigenvalue weighted by Gasteiger charge is -2.35. The third kappa shape index (κ3) is 5.14. The molecule has 7 heteroatoms. The third-order valence-corrected chi connectivity index (χ3v) is 7.05. The van der Waals surface area contributed by atoms with Crippen LogP contribution in [0, 0.1) is 11.3 Å². The van der Waals surface area contributed by atoms with Gasteiger partial charge in [-0.25, -0.2) is 0 Å². The molecule has 1 saturated heterocycles. The number of hydrogen-bond donors (Lipinski definition) is 2. The van der Waals surface area contributed by atoms with Gasteiger partial charge in [0.05, 0.1) is 23.3 Å². The first kappa shape index (κ1) is 23.3. The van der Waals surface area contributed by atoms with Gasteiger partial charge in [-0.05, 0) is 55.5 Å². The zero-order chi connectivity index (χ0) is 24.2. The highest BCUT2D eigenvalue weighted by atomic mass is 16.3. The first-order valence-corrected chi connectivity index (χ1v) is 12.5. The minimum atomic E-state index is -0.518. The van der Waals surface area contributed by atoms with Crippen LogP contribution in [-0.4, -0.2) is 71.2 Å². The summed E-state index contributed by atoms with van der Waals surface area (Å²) in [4.78, 5) is 21.7. The SMILES string of the molecule is N#Cc1cccc(C(=O)N2CCN(CC(O)CNc3c4c(nc5ccccc35)CCCC4)CC2)c1. The van der Waals surface area contributed by atoms with Gasteiger partial charge >= 0.3 is 0 Å². The molecule has 0 saturated carbocycles. The monoisotopic (exact) mass is 469 g/mol. The van der Waals surface area contributed by atoms with E-state index in [0.29, 0.717) is 50.4 Å². The van der Waals surface area contributed by atoms with E-state index in [2.05, 4.69) is 28.4 Å². The molecule has 3 aromatic rings. The molecule has 2 aliphatic rings. The van der Waals surface area contributed by atoms with Gasteiger partial charge in [0.15, 0.2) is 0 Å². The highest BCUT2D eigenvalue weighted by Gasteiger charge is 2.24. The summed E-state index contributed by atoms with van der Waals surface area (Å²) in [5.41, 5.74) is 5.66. The summed E-state index contributed by atoms with van der Waals surface area (Å²) >= 11 is 0. The molecule has 1 aliphatic heterocycles. The van der Waals surface area contributed by atoms with Gasteiger partial charge in [-0.3, -0.25) is 14.7 Å². The predicted molar refractivity (Wildman–Crippen MR) is 136 cm³/mol. The molecular formula is C28H31N5O2. The molecule has 5 rings (SSSR count). The zero-order valence-corrected chi connectivity index (χ0v) is 19.9. The number of fused-ring (bicyclic) bond motifs is 2. The molecular weight excluding hydrogens is 438 g/mol. The second-order valence-electron chi connectivity index (χ2n) is 9.46. The molecule has 1 unspecified atom stereocenters. The maximum absolute atomic E-state index is 12.8. The van der Waals surface area contributed by atoms with Gasteiger partial charge in [-0.15, -0.1) is 0 Å². The Kier molecular flexibility index (Phi) is 6.94. The van der Waals surface area contributed by atoms with Crippen molar-refractivity contribution < 1.29 is 9.90 Å². The molecule has 2 N–H and O–H groups in total. The quantitative estimate of drug-likeness (QED) is 0.576. The van der Waals surface area contributed by atoms with Crippen molar-refractivity contribution >= 4 is 22.5 Å². The number of anilines is 1. The van der Waals surface area contributed by atoms with E-state index >= 15 is 0 Å². The highest BCUT2D eigenvalue weighted by Crippen LogP contribution is 2.33. The number of hydrogen-bond acceptors (Lipinski definition) is 6. The average molecular weight is 470 g/mol. The molecule has 35 heavy (non-hydrogen) atoms. The molecule has 0 radical (unpaired) electrons. The first-order chi connectivity index (χ1) is 17.1. The molecule has 1 amide bonds. The van der Waals surface area contributed by atoms with Crippen molar-refractivity contribution in [2.75, 3.05) is 44.6 Å². The largest absolute Gasteiger partial charge is 0.390 e. The Morgan fingerprint density at radius 1 is 1.09 bits per heavy atom. The second-order valence-corrected chi connectivity index (χ2v) is 9.46. The molecule has 2 aromatic carbocycles. The van der Waals surface area contributed by atoms with Crippen LogP contribution in [0.15, 0.2) is 48.5 Å². The standard InChI is InChI=1S/C28H31N5O2/c29-17-20-6-5-7-21(16-20)28(35)33-14-12-32(13-15-33)19-22(34)18-30-27-23-8-1-3-10-25(23)31-26-11-4-2-9-24(26)27/h1,3,5-8,10,16,22,34H,2,4,9,11-15,18-19H2,(H,30,31).